The van der Waals surface area contributed by atoms with Gasteiger partial charge in [-0.1, -0.05) is 30.3 Å². The van der Waals surface area contributed by atoms with Crippen molar-refractivity contribution in [1.29, 1.82) is 0 Å². The van der Waals surface area contributed by atoms with E-state index in [1.807, 2.05) is 19.1 Å². The summed E-state index contributed by atoms with van der Waals surface area (Å²) in [5, 5.41) is 2.37. The van der Waals surface area contributed by atoms with E-state index in [0.29, 0.717) is 5.75 Å². The Hall–Kier alpha value is -2.89. The van der Waals surface area contributed by atoms with Gasteiger partial charge in [0, 0.05) is 0 Å². The van der Waals surface area contributed by atoms with E-state index in [4.69, 9.17) is 9.47 Å². The van der Waals surface area contributed by atoms with Crippen LogP contribution in [0.5, 0.6) is 5.75 Å². The number of hydrogen-bond donors (Lipinski definition) is 1. The van der Waals surface area contributed by atoms with Gasteiger partial charge in [0.2, 0.25) is 0 Å². The van der Waals surface area contributed by atoms with Crippen LogP contribution in [-0.4, -0.2) is 24.6 Å². The Balaban J connectivity index is 1.84. The van der Waals surface area contributed by atoms with Gasteiger partial charge in [0.05, 0.1) is 5.69 Å². The van der Waals surface area contributed by atoms with Crippen LogP contribution in [-0.2, 0) is 14.3 Å². The molecule has 0 unspecified atom stereocenters. The van der Waals surface area contributed by atoms with Crippen molar-refractivity contribution in [2.75, 3.05) is 11.9 Å². The third-order valence-electron chi connectivity index (χ3n) is 3.25. The third kappa shape index (κ3) is 4.81. The number of esters is 1. The summed E-state index contributed by atoms with van der Waals surface area (Å²) in [7, 11) is 0. The van der Waals surface area contributed by atoms with Crippen LogP contribution >= 0.6 is 0 Å². The van der Waals surface area contributed by atoms with Gasteiger partial charge in [-0.3, -0.25) is 4.79 Å². The molecule has 0 aromatic heterocycles. The monoisotopic (exact) mass is 331 g/mol. The molecule has 0 spiro atoms. The molecule has 5 nitrogen and oxygen atoms in total. The second-order valence-electron chi connectivity index (χ2n) is 5.16. The van der Waals surface area contributed by atoms with E-state index in [0.717, 1.165) is 5.56 Å². The topological polar surface area (TPSA) is 64.6 Å². The fraction of sp³-hybridized carbons (Fsp3) is 0.222. The van der Waals surface area contributed by atoms with E-state index in [-0.39, 0.29) is 12.3 Å². The van der Waals surface area contributed by atoms with Crippen molar-refractivity contribution in [1.82, 2.24) is 0 Å². The van der Waals surface area contributed by atoms with Gasteiger partial charge in [0.1, 0.15) is 11.6 Å². The molecule has 0 aliphatic rings. The van der Waals surface area contributed by atoms with Gasteiger partial charge >= 0.3 is 5.97 Å². The minimum Gasteiger partial charge on any atom is -0.482 e. The van der Waals surface area contributed by atoms with Crippen molar-refractivity contribution in [3.05, 3.63) is 59.9 Å². The minimum atomic E-state index is -1.07. The molecule has 126 valence electrons. The Bertz CT molecular complexity index is 732. The number of carbonyl (C=O) groups is 2. The molecule has 1 amide bonds. The molecule has 0 radical (unpaired) electrons. The van der Waals surface area contributed by atoms with Gasteiger partial charge in [0.25, 0.3) is 5.91 Å². The van der Waals surface area contributed by atoms with Crippen LogP contribution < -0.4 is 10.1 Å². The summed E-state index contributed by atoms with van der Waals surface area (Å²) in [5.74, 6) is -1.30. The third-order valence-corrected chi connectivity index (χ3v) is 3.25. The molecule has 2 rings (SSSR count). The molecule has 2 aromatic carbocycles. The SMILES string of the molecule is Cc1ccccc1OCC(=O)O[C@H](C)C(=O)Nc1ccccc1F. The van der Waals surface area contributed by atoms with Crippen molar-refractivity contribution >= 4 is 17.6 Å². The highest BCUT2D eigenvalue weighted by Gasteiger charge is 2.19. The maximum atomic E-state index is 13.5. The lowest BCUT2D eigenvalue weighted by molar-refractivity contribution is -0.155. The number of ether oxygens (including phenoxy) is 2. The van der Waals surface area contributed by atoms with Crippen LogP contribution in [0.25, 0.3) is 0 Å². The second-order valence-corrected chi connectivity index (χ2v) is 5.16. The molecule has 0 bridgehead atoms. The van der Waals surface area contributed by atoms with Gasteiger partial charge in [-0.15, -0.1) is 0 Å². The molecule has 1 N–H and O–H groups in total. The number of hydrogen-bond acceptors (Lipinski definition) is 4. The molecule has 6 heteroatoms. The lowest BCUT2D eigenvalue weighted by Gasteiger charge is -2.14. The van der Waals surface area contributed by atoms with Crippen molar-refractivity contribution < 1.29 is 23.5 Å². The smallest absolute Gasteiger partial charge is 0.344 e. The zero-order valence-corrected chi connectivity index (χ0v) is 13.4. The predicted octanol–water partition coefficient (Wildman–Crippen LogP) is 3.08. The van der Waals surface area contributed by atoms with Gasteiger partial charge in [-0.2, -0.15) is 0 Å². The van der Waals surface area contributed by atoms with Gasteiger partial charge in [-0.25, -0.2) is 9.18 Å². The molecular formula is C18H18FNO4. The fourth-order valence-electron chi connectivity index (χ4n) is 1.94. The number of halogens is 1. The number of carbonyl (C=O) groups excluding carboxylic acids is 2. The summed E-state index contributed by atoms with van der Waals surface area (Å²) in [6, 6.07) is 13.0. The van der Waals surface area contributed by atoms with Crippen LogP contribution in [0, 0.1) is 12.7 Å². The average Bonchev–Trinajstić information content (AvgIpc) is 2.56. The van der Waals surface area contributed by atoms with Gasteiger partial charge in [0.15, 0.2) is 12.7 Å². The minimum absolute atomic E-state index is 0.0292. The molecule has 2 aromatic rings. The normalized spacial score (nSPS) is 11.5. The first-order chi connectivity index (χ1) is 11.5. The summed E-state index contributed by atoms with van der Waals surface area (Å²) in [4.78, 5) is 23.7. The van der Waals surface area contributed by atoms with Crippen molar-refractivity contribution in [2.45, 2.75) is 20.0 Å². The lowest BCUT2D eigenvalue weighted by Crippen LogP contribution is -2.32. The Labute approximate surface area is 139 Å². The highest BCUT2D eigenvalue weighted by Crippen LogP contribution is 2.16. The zero-order valence-electron chi connectivity index (χ0n) is 13.4. The molecule has 0 saturated heterocycles. The number of nitrogens with one attached hydrogen (secondary N) is 1. The molecular weight excluding hydrogens is 313 g/mol. The maximum Gasteiger partial charge on any atom is 0.344 e. The Morgan fingerprint density at radius 3 is 2.50 bits per heavy atom. The average molecular weight is 331 g/mol. The van der Waals surface area contributed by atoms with E-state index in [9.17, 15) is 14.0 Å². The molecule has 0 aliphatic heterocycles. The molecule has 1 atom stereocenters. The largest absolute Gasteiger partial charge is 0.482 e. The quantitative estimate of drug-likeness (QED) is 0.826. The molecule has 24 heavy (non-hydrogen) atoms. The highest BCUT2D eigenvalue weighted by molar-refractivity contribution is 5.95. The van der Waals surface area contributed by atoms with Crippen molar-refractivity contribution in [2.24, 2.45) is 0 Å². The van der Waals surface area contributed by atoms with Gasteiger partial charge < -0.3 is 14.8 Å². The molecule has 0 heterocycles. The first kappa shape index (κ1) is 17.5. The molecule has 0 saturated carbocycles. The predicted molar refractivity (Wildman–Crippen MR) is 87.3 cm³/mol. The number of para-hydroxylation sites is 2. The number of aryl methyl sites for hydroxylation is 1. The molecule has 0 fully saturated rings. The second kappa shape index (κ2) is 8.10. The number of benzene rings is 2. The summed E-state index contributed by atoms with van der Waals surface area (Å²) < 4.78 is 23.8. The molecule has 0 aliphatic carbocycles. The number of anilines is 1. The maximum absolute atomic E-state index is 13.5. The van der Waals surface area contributed by atoms with Gasteiger partial charge in [-0.05, 0) is 37.6 Å². The van der Waals surface area contributed by atoms with E-state index in [1.54, 1.807) is 18.2 Å². The van der Waals surface area contributed by atoms with E-state index in [1.165, 1.54) is 25.1 Å². The first-order valence-electron chi connectivity index (χ1n) is 7.40. The van der Waals surface area contributed by atoms with E-state index >= 15 is 0 Å². The van der Waals surface area contributed by atoms with Crippen molar-refractivity contribution in [3.8, 4) is 5.75 Å². The standard InChI is InChI=1S/C18H18FNO4/c1-12-7-3-6-10-16(12)23-11-17(21)24-13(2)18(22)20-15-9-5-4-8-14(15)19/h3-10,13H,11H2,1-2H3,(H,20,22)/t13-/m1/s1. The van der Waals surface area contributed by atoms with Crippen LogP contribution in [0.2, 0.25) is 0 Å². The van der Waals surface area contributed by atoms with Crippen LogP contribution in [0.15, 0.2) is 48.5 Å². The Kier molecular flexibility index (Phi) is 5.89. The summed E-state index contributed by atoms with van der Waals surface area (Å²) in [5.41, 5.74) is 0.914. The van der Waals surface area contributed by atoms with Crippen molar-refractivity contribution in [3.63, 3.8) is 0 Å². The Morgan fingerprint density at radius 1 is 1.12 bits per heavy atom. The highest BCUT2D eigenvalue weighted by atomic mass is 19.1. The Morgan fingerprint density at radius 2 is 1.79 bits per heavy atom. The van der Waals surface area contributed by atoms with Crippen LogP contribution in [0.1, 0.15) is 12.5 Å². The zero-order chi connectivity index (χ0) is 17.5. The number of amides is 1. The van der Waals surface area contributed by atoms with Crippen LogP contribution in [0.4, 0.5) is 10.1 Å². The first-order valence-corrected chi connectivity index (χ1v) is 7.40. The van der Waals surface area contributed by atoms with E-state index < -0.39 is 23.8 Å². The fourth-order valence-corrected chi connectivity index (χ4v) is 1.94. The summed E-state index contributed by atoms with van der Waals surface area (Å²) in [6.45, 7) is 2.94. The van der Waals surface area contributed by atoms with E-state index in [2.05, 4.69) is 5.32 Å². The number of rotatable bonds is 6. The van der Waals surface area contributed by atoms with Crippen LogP contribution in [0.3, 0.4) is 0 Å². The summed E-state index contributed by atoms with van der Waals surface area (Å²) in [6.07, 6.45) is -1.07. The lowest BCUT2D eigenvalue weighted by atomic mass is 10.2. The summed E-state index contributed by atoms with van der Waals surface area (Å²) >= 11 is 0.